The summed E-state index contributed by atoms with van der Waals surface area (Å²) in [5.41, 5.74) is 7.97. The number of aryl methyl sites for hydroxylation is 1. The van der Waals surface area contributed by atoms with Crippen LogP contribution in [0.5, 0.6) is 0 Å². The van der Waals surface area contributed by atoms with Crippen molar-refractivity contribution in [2.75, 3.05) is 10.5 Å². The summed E-state index contributed by atoms with van der Waals surface area (Å²) in [6.45, 7) is 3.51. The van der Waals surface area contributed by atoms with Crippen LogP contribution < -0.4 is 10.5 Å². The molecule has 1 aromatic heterocycles. The summed E-state index contributed by atoms with van der Waals surface area (Å²) in [6, 6.07) is 6.51. The van der Waals surface area contributed by atoms with Crippen molar-refractivity contribution in [1.82, 2.24) is 4.98 Å². The molecule has 20 heavy (non-hydrogen) atoms. The highest BCUT2D eigenvalue weighted by molar-refractivity contribution is 9.10. The summed E-state index contributed by atoms with van der Waals surface area (Å²) in [4.78, 5) is 4.23. The lowest BCUT2D eigenvalue weighted by Gasteiger charge is -2.12. The molecule has 0 atom stereocenters. The molecular weight excluding hydrogens is 342 g/mol. The number of hydrogen-bond donors (Lipinski definition) is 2. The Labute approximate surface area is 126 Å². The van der Waals surface area contributed by atoms with Crippen LogP contribution in [0.1, 0.15) is 11.1 Å². The second-order valence-electron chi connectivity index (χ2n) is 4.41. The van der Waals surface area contributed by atoms with E-state index in [-0.39, 0.29) is 4.90 Å². The first kappa shape index (κ1) is 14.8. The van der Waals surface area contributed by atoms with Gasteiger partial charge >= 0.3 is 0 Å². The Hall–Kier alpha value is -1.60. The highest BCUT2D eigenvalue weighted by atomic mass is 79.9. The number of halogens is 1. The van der Waals surface area contributed by atoms with Gasteiger partial charge in [-0.05, 0) is 59.1 Å². The monoisotopic (exact) mass is 355 g/mol. The summed E-state index contributed by atoms with van der Waals surface area (Å²) < 4.78 is 27.9. The van der Waals surface area contributed by atoms with Gasteiger partial charge in [0.05, 0.1) is 16.8 Å². The number of pyridine rings is 1. The second kappa shape index (κ2) is 5.41. The number of hydrogen-bond acceptors (Lipinski definition) is 4. The van der Waals surface area contributed by atoms with Crippen molar-refractivity contribution in [3.05, 3.63) is 46.2 Å². The number of nitrogen functional groups attached to an aromatic ring is 1. The van der Waals surface area contributed by atoms with E-state index >= 15 is 0 Å². The van der Waals surface area contributed by atoms with E-state index in [0.717, 1.165) is 5.56 Å². The lowest BCUT2D eigenvalue weighted by molar-refractivity contribution is 0.600. The molecule has 0 aliphatic heterocycles. The van der Waals surface area contributed by atoms with Crippen LogP contribution in [0.25, 0.3) is 0 Å². The molecule has 5 nitrogen and oxygen atoms in total. The van der Waals surface area contributed by atoms with Crippen LogP contribution in [0.2, 0.25) is 0 Å². The third-order valence-corrected chi connectivity index (χ3v) is 5.24. The zero-order chi connectivity index (χ0) is 14.9. The fourth-order valence-electron chi connectivity index (χ4n) is 1.75. The minimum atomic E-state index is -3.68. The number of anilines is 2. The molecule has 0 saturated carbocycles. The predicted molar refractivity (Wildman–Crippen MR) is 83.1 cm³/mol. The maximum absolute atomic E-state index is 12.4. The molecule has 106 valence electrons. The zero-order valence-electron chi connectivity index (χ0n) is 11.0. The molecule has 0 radical (unpaired) electrons. The van der Waals surface area contributed by atoms with Crippen LogP contribution in [0.15, 0.2) is 40.0 Å². The molecule has 0 spiro atoms. The molecule has 0 aliphatic carbocycles. The van der Waals surface area contributed by atoms with Crippen molar-refractivity contribution in [3.8, 4) is 0 Å². The van der Waals surface area contributed by atoms with Crippen LogP contribution in [-0.4, -0.2) is 13.4 Å². The number of sulfonamides is 1. The number of rotatable bonds is 3. The van der Waals surface area contributed by atoms with E-state index < -0.39 is 10.0 Å². The highest BCUT2D eigenvalue weighted by Gasteiger charge is 2.18. The quantitative estimate of drug-likeness (QED) is 0.654. The third-order valence-electron chi connectivity index (χ3n) is 2.88. The molecule has 0 saturated heterocycles. The van der Waals surface area contributed by atoms with Crippen molar-refractivity contribution in [1.29, 1.82) is 0 Å². The van der Waals surface area contributed by atoms with Gasteiger partial charge in [-0.1, -0.05) is 6.07 Å². The summed E-state index contributed by atoms with van der Waals surface area (Å²) in [5.74, 6) is 0. The average molecular weight is 356 g/mol. The molecule has 1 heterocycles. The van der Waals surface area contributed by atoms with E-state index in [1.807, 2.05) is 6.92 Å². The van der Waals surface area contributed by atoms with Crippen LogP contribution >= 0.6 is 15.9 Å². The number of benzene rings is 1. The Kier molecular flexibility index (Phi) is 4.01. The molecular formula is C13H14BrN3O2S. The normalized spacial score (nSPS) is 11.3. The zero-order valence-corrected chi connectivity index (χ0v) is 13.4. The van der Waals surface area contributed by atoms with Gasteiger partial charge in [-0.25, -0.2) is 13.4 Å². The van der Waals surface area contributed by atoms with Crippen LogP contribution in [0.4, 0.5) is 11.4 Å². The molecule has 2 aromatic rings. The van der Waals surface area contributed by atoms with Crippen molar-refractivity contribution in [2.45, 2.75) is 18.7 Å². The maximum Gasteiger partial charge on any atom is 0.262 e. The lowest BCUT2D eigenvalue weighted by Crippen LogP contribution is -2.15. The first-order valence-corrected chi connectivity index (χ1v) is 8.09. The van der Waals surface area contributed by atoms with E-state index in [2.05, 4.69) is 25.6 Å². The smallest absolute Gasteiger partial charge is 0.262 e. The molecule has 0 aliphatic rings. The Morgan fingerprint density at radius 3 is 2.65 bits per heavy atom. The molecule has 0 bridgehead atoms. The van der Waals surface area contributed by atoms with E-state index in [1.54, 1.807) is 25.1 Å². The number of nitrogens with zero attached hydrogens (tertiary/aromatic N) is 1. The van der Waals surface area contributed by atoms with Gasteiger partial charge in [0.2, 0.25) is 0 Å². The van der Waals surface area contributed by atoms with Crippen LogP contribution in [0, 0.1) is 13.8 Å². The summed E-state index contributed by atoms with van der Waals surface area (Å²) in [7, 11) is -3.68. The maximum atomic E-state index is 12.4. The minimum Gasteiger partial charge on any atom is -0.398 e. The van der Waals surface area contributed by atoms with Crippen molar-refractivity contribution in [3.63, 3.8) is 0 Å². The highest BCUT2D eigenvalue weighted by Crippen LogP contribution is 2.24. The standard InChI is InChI=1S/C13H14BrN3O2S/c1-8-6-10(7-16-13(8)14)17-20(18,19)12-5-3-4-11(15)9(12)2/h3-7,17H,15H2,1-2H3. The second-order valence-corrected chi connectivity index (χ2v) is 6.81. The Bertz CT molecular complexity index is 760. The fourth-order valence-corrected chi connectivity index (χ4v) is 3.27. The SMILES string of the molecule is Cc1cc(NS(=O)(=O)c2cccc(N)c2C)cnc1Br. The fraction of sp³-hybridized carbons (Fsp3) is 0.154. The number of nitrogens with two attached hydrogens (primary N) is 1. The first-order valence-electron chi connectivity index (χ1n) is 5.81. The predicted octanol–water partition coefficient (Wildman–Crippen LogP) is 2.84. The molecule has 0 amide bonds. The van der Waals surface area contributed by atoms with E-state index in [0.29, 0.717) is 21.5 Å². The van der Waals surface area contributed by atoms with Crippen molar-refractivity contribution < 1.29 is 8.42 Å². The van der Waals surface area contributed by atoms with E-state index in [1.165, 1.54) is 12.3 Å². The van der Waals surface area contributed by atoms with E-state index in [9.17, 15) is 8.42 Å². The Morgan fingerprint density at radius 2 is 2.00 bits per heavy atom. The Morgan fingerprint density at radius 1 is 1.30 bits per heavy atom. The van der Waals surface area contributed by atoms with Crippen LogP contribution in [0.3, 0.4) is 0 Å². The van der Waals surface area contributed by atoms with Crippen molar-refractivity contribution in [2.24, 2.45) is 0 Å². The minimum absolute atomic E-state index is 0.165. The summed E-state index contributed by atoms with van der Waals surface area (Å²) in [5, 5.41) is 0. The van der Waals surface area contributed by atoms with Gasteiger partial charge in [0.1, 0.15) is 4.60 Å². The van der Waals surface area contributed by atoms with Gasteiger partial charge in [-0.15, -0.1) is 0 Å². The molecule has 7 heteroatoms. The summed E-state index contributed by atoms with van der Waals surface area (Å²) in [6.07, 6.45) is 1.45. The van der Waals surface area contributed by atoms with Gasteiger partial charge < -0.3 is 5.73 Å². The largest absolute Gasteiger partial charge is 0.398 e. The number of aromatic nitrogens is 1. The Balaban J connectivity index is 2.41. The number of nitrogens with one attached hydrogen (secondary N) is 1. The van der Waals surface area contributed by atoms with Gasteiger partial charge in [0.25, 0.3) is 10.0 Å². The summed E-state index contributed by atoms with van der Waals surface area (Å²) >= 11 is 3.27. The molecule has 0 fully saturated rings. The van der Waals surface area contributed by atoms with E-state index in [4.69, 9.17) is 5.73 Å². The van der Waals surface area contributed by atoms with Gasteiger partial charge in [0, 0.05) is 5.69 Å². The molecule has 1 aromatic carbocycles. The molecule has 3 N–H and O–H groups in total. The molecule has 0 unspecified atom stereocenters. The topological polar surface area (TPSA) is 85.1 Å². The average Bonchev–Trinajstić information content (AvgIpc) is 2.36. The third kappa shape index (κ3) is 2.94. The van der Waals surface area contributed by atoms with Crippen molar-refractivity contribution >= 4 is 37.3 Å². The lowest BCUT2D eigenvalue weighted by atomic mass is 10.2. The first-order chi connectivity index (χ1) is 9.31. The molecule has 2 rings (SSSR count). The van der Waals surface area contributed by atoms with Gasteiger partial charge in [-0.2, -0.15) is 0 Å². The van der Waals surface area contributed by atoms with Gasteiger partial charge in [0.15, 0.2) is 0 Å². The van der Waals surface area contributed by atoms with Crippen LogP contribution in [-0.2, 0) is 10.0 Å². The van der Waals surface area contributed by atoms with Gasteiger partial charge in [-0.3, -0.25) is 4.72 Å².